The summed E-state index contributed by atoms with van der Waals surface area (Å²) in [5.74, 6) is -0.842. The number of ether oxygens (including phenoxy) is 1. The topological polar surface area (TPSA) is 95.9 Å². The maximum atomic E-state index is 12.4. The van der Waals surface area contributed by atoms with Gasteiger partial charge in [0.1, 0.15) is 11.6 Å². The van der Waals surface area contributed by atoms with Crippen LogP contribution in [0.15, 0.2) is 0 Å². The molecule has 1 saturated heterocycles. The van der Waals surface area contributed by atoms with Gasteiger partial charge in [0.2, 0.25) is 5.91 Å². The normalized spacial score (nSPS) is 19.2. The van der Waals surface area contributed by atoms with Crippen LogP contribution in [0.1, 0.15) is 60.3 Å². The first-order valence-corrected chi connectivity index (χ1v) is 8.53. The molecule has 0 spiro atoms. The summed E-state index contributed by atoms with van der Waals surface area (Å²) in [5.41, 5.74) is -0.705. The third kappa shape index (κ3) is 6.37. The fourth-order valence-electron chi connectivity index (χ4n) is 2.91. The maximum absolute atomic E-state index is 12.4. The molecule has 2 amide bonds. The number of carbonyl (C=O) groups excluding carboxylic acids is 2. The van der Waals surface area contributed by atoms with E-state index in [-0.39, 0.29) is 24.8 Å². The molecule has 0 saturated carbocycles. The van der Waals surface area contributed by atoms with Crippen molar-refractivity contribution in [3.8, 4) is 0 Å². The highest BCUT2D eigenvalue weighted by Gasteiger charge is 2.32. The number of amides is 2. The third-order valence-corrected chi connectivity index (χ3v) is 4.03. The van der Waals surface area contributed by atoms with Crippen LogP contribution in [0.4, 0.5) is 4.79 Å². The first kappa shape index (κ1) is 20.3. The Kier molecular flexibility index (Phi) is 7.05. The highest BCUT2D eigenvalue weighted by Crippen LogP contribution is 2.24. The number of carboxylic acids is 1. The molecule has 24 heavy (non-hydrogen) atoms. The van der Waals surface area contributed by atoms with E-state index < -0.39 is 23.7 Å². The van der Waals surface area contributed by atoms with Gasteiger partial charge in [0.05, 0.1) is 0 Å². The number of nitrogens with zero attached hydrogens (tertiary/aromatic N) is 1. The van der Waals surface area contributed by atoms with E-state index in [0.717, 1.165) is 19.4 Å². The van der Waals surface area contributed by atoms with Crippen LogP contribution >= 0.6 is 0 Å². The average molecular weight is 342 g/mol. The first-order chi connectivity index (χ1) is 11.0. The minimum Gasteiger partial charge on any atom is -0.480 e. The molecule has 2 atom stereocenters. The van der Waals surface area contributed by atoms with Crippen molar-refractivity contribution in [2.24, 2.45) is 5.92 Å². The summed E-state index contributed by atoms with van der Waals surface area (Å²) in [4.78, 5) is 37.3. The van der Waals surface area contributed by atoms with Crippen molar-refractivity contribution in [3.63, 3.8) is 0 Å². The summed E-state index contributed by atoms with van der Waals surface area (Å²) >= 11 is 0. The largest absolute Gasteiger partial charge is 0.480 e. The predicted octanol–water partition coefficient (Wildman–Crippen LogP) is 2.39. The maximum Gasteiger partial charge on any atom is 0.408 e. The quantitative estimate of drug-likeness (QED) is 0.772. The van der Waals surface area contributed by atoms with E-state index in [4.69, 9.17) is 4.74 Å². The number of likely N-dealkylation sites (tertiary alicyclic amines) is 1. The lowest BCUT2D eigenvalue weighted by Gasteiger charge is -2.28. The summed E-state index contributed by atoms with van der Waals surface area (Å²) in [6.45, 7) is 9.99. The van der Waals surface area contributed by atoms with Crippen molar-refractivity contribution >= 4 is 18.0 Å². The molecule has 0 bridgehead atoms. The third-order valence-electron chi connectivity index (χ3n) is 4.03. The molecule has 1 fully saturated rings. The molecule has 0 aromatic heterocycles. The van der Waals surface area contributed by atoms with Crippen LogP contribution in [-0.2, 0) is 14.3 Å². The van der Waals surface area contributed by atoms with Crippen LogP contribution in [0.2, 0.25) is 0 Å². The Morgan fingerprint density at radius 3 is 2.42 bits per heavy atom. The zero-order valence-electron chi connectivity index (χ0n) is 15.3. The Hall–Kier alpha value is -1.79. The molecule has 1 aliphatic heterocycles. The molecule has 0 aromatic carbocycles. The van der Waals surface area contributed by atoms with E-state index in [2.05, 4.69) is 19.2 Å². The summed E-state index contributed by atoms with van der Waals surface area (Å²) in [6, 6.07) is -0.913. The number of carbonyl (C=O) groups is 3. The molecule has 0 aliphatic carbocycles. The van der Waals surface area contributed by atoms with Gasteiger partial charge in [0.25, 0.3) is 0 Å². The van der Waals surface area contributed by atoms with E-state index in [0.29, 0.717) is 5.92 Å². The van der Waals surface area contributed by atoms with Crippen molar-refractivity contribution in [2.75, 3.05) is 6.54 Å². The molecule has 0 aromatic rings. The van der Waals surface area contributed by atoms with Crippen molar-refractivity contribution < 1.29 is 24.2 Å². The van der Waals surface area contributed by atoms with Crippen LogP contribution in [0, 0.1) is 5.92 Å². The number of rotatable bonds is 6. The number of hydrogen-bond acceptors (Lipinski definition) is 4. The average Bonchev–Trinajstić information content (AvgIpc) is 2.90. The van der Waals surface area contributed by atoms with Crippen LogP contribution in [0.3, 0.4) is 0 Å². The van der Waals surface area contributed by atoms with Crippen LogP contribution in [0.5, 0.6) is 0 Å². The van der Waals surface area contributed by atoms with Gasteiger partial charge in [-0.05, 0) is 46.0 Å². The Labute approximate surface area is 143 Å². The van der Waals surface area contributed by atoms with Crippen molar-refractivity contribution in [1.82, 2.24) is 10.2 Å². The minimum absolute atomic E-state index is 0.0503. The fraction of sp³-hybridized carbons (Fsp3) is 0.824. The SMILES string of the molecule is CC(C)[C@@H]1CCCN1C(=O)CC[C@@H](NC(=O)OC(C)(C)C)C(=O)O. The Bertz CT molecular complexity index is 470. The Balaban J connectivity index is 2.56. The smallest absolute Gasteiger partial charge is 0.408 e. The second-order valence-electron chi connectivity index (χ2n) is 7.62. The Morgan fingerprint density at radius 1 is 1.29 bits per heavy atom. The van der Waals surface area contributed by atoms with E-state index in [1.54, 1.807) is 20.8 Å². The van der Waals surface area contributed by atoms with E-state index >= 15 is 0 Å². The summed E-state index contributed by atoms with van der Waals surface area (Å²) in [5, 5.41) is 11.6. The monoisotopic (exact) mass is 342 g/mol. The van der Waals surface area contributed by atoms with Gasteiger partial charge in [-0.3, -0.25) is 4.79 Å². The lowest BCUT2D eigenvalue weighted by atomic mass is 10.0. The van der Waals surface area contributed by atoms with E-state index in [1.807, 2.05) is 4.90 Å². The number of aliphatic carboxylic acids is 1. The molecule has 2 N–H and O–H groups in total. The zero-order chi connectivity index (χ0) is 18.5. The van der Waals surface area contributed by atoms with Gasteiger partial charge in [-0.2, -0.15) is 0 Å². The van der Waals surface area contributed by atoms with Gasteiger partial charge >= 0.3 is 12.1 Å². The van der Waals surface area contributed by atoms with E-state index in [1.165, 1.54) is 0 Å². The zero-order valence-corrected chi connectivity index (χ0v) is 15.3. The van der Waals surface area contributed by atoms with Crippen molar-refractivity contribution in [1.29, 1.82) is 0 Å². The summed E-state index contributed by atoms with van der Waals surface area (Å²) in [7, 11) is 0. The highest BCUT2D eigenvalue weighted by atomic mass is 16.6. The van der Waals surface area contributed by atoms with Crippen LogP contribution < -0.4 is 5.32 Å². The van der Waals surface area contributed by atoms with Crippen molar-refractivity contribution in [2.45, 2.75) is 78.0 Å². The molecule has 0 radical (unpaired) electrons. The highest BCUT2D eigenvalue weighted by molar-refractivity contribution is 5.82. The van der Waals surface area contributed by atoms with Crippen LogP contribution in [-0.4, -0.2) is 52.2 Å². The lowest BCUT2D eigenvalue weighted by Crippen LogP contribution is -2.44. The standard InChI is InChI=1S/C17H30N2O5/c1-11(2)13-7-6-10-19(13)14(20)9-8-12(15(21)22)18-16(23)24-17(3,4)5/h11-13H,6-10H2,1-5H3,(H,18,23)(H,21,22)/t12-,13+/m1/s1. The predicted molar refractivity (Wildman–Crippen MR) is 89.6 cm³/mol. The number of carboxylic acid groups (broad SMARTS) is 1. The first-order valence-electron chi connectivity index (χ1n) is 8.53. The molecule has 1 aliphatic rings. The second-order valence-corrected chi connectivity index (χ2v) is 7.62. The summed E-state index contributed by atoms with van der Waals surface area (Å²) < 4.78 is 5.06. The van der Waals surface area contributed by atoms with Gasteiger partial charge in [-0.15, -0.1) is 0 Å². The Morgan fingerprint density at radius 2 is 1.92 bits per heavy atom. The molecule has 138 valence electrons. The number of nitrogens with one attached hydrogen (secondary N) is 1. The molecule has 7 nitrogen and oxygen atoms in total. The number of alkyl carbamates (subject to hydrolysis) is 1. The molecule has 1 heterocycles. The fourth-order valence-corrected chi connectivity index (χ4v) is 2.91. The van der Waals surface area contributed by atoms with Gasteiger partial charge in [0.15, 0.2) is 0 Å². The molecule has 1 rings (SSSR count). The van der Waals surface area contributed by atoms with Gasteiger partial charge < -0.3 is 20.1 Å². The molecule has 0 unspecified atom stereocenters. The molecular formula is C17H30N2O5. The molecule has 7 heteroatoms. The summed E-state index contributed by atoms with van der Waals surface area (Å²) in [6.07, 6.45) is 1.32. The van der Waals surface area contributed by atoms with Gasteiger partial charge in [-0.1, -0.05) is 13.8 Å². The van der Waals surface area contributed by atoms with Gasteiger partial charge in [0, 0.05) is 19.0 Å². The van der Waals surface area contributed by atoms with Gasteiger partial charge in [-0.25, -0.2) is 9.59 Å². The van der Waals surface area contributed by atoms with Crippen molar-refractivity contribution in [3.05, 3.63) is 0 Å². The lowest BCUT2D eigenvalue weighted by molar-refractivity contribution is -0.140. The molecular weight excluding hydrogens is 312 g/mol. The van der Waals surface area contributed by atoms with Crippen LogP contribution in [0.25, 0.3) is 0 Å². The van der Waals surface area contributed by atoms with E-state index in [9.17, 15) is 19.5 Å². The minimum atomic E-state index is -1.17. The number of hydrogen-bond donors (Lipinski definition) is 2. The second kappa shape index (κ2) is 8.35.